The molecule has 0 saturated carbocycles. The molecule has 0 radical (unpaired) electrons. The average Bonchev–Trinajstić information content (AvgIpc) is 2.96. The zero-order valence-corrected chi connectivity index (χ0v) is 22.3. The number of hydrogen-bond acceptors (Lipinski definition) is 8. The Balaban J connectivity index is 1.19. The topological polar surface area (TPSA) is 132 Å². The first-order valence-corrected chi connectivity index (χ1v) is 13.2. The van der Waals surface area contributed by atoms with Crippen LogP contribution in [0.1, 0.15) is 34.3 Å². The first-order chi connectivity index (χ1) is 19.8. The molecule has 2 aromatic carbocycles. The Hall–Kier alpha value is -4.00. The molecule has 0 spiro atoms. The van der Waals surface area contributed by atoms with E-state index in [1.165, 1.54) is 12.1 Å². The summed E-state index contributed by atoms with van der Waals surface area (Å²) in [5, 5.41) is 18.1. The van der Waals surface area contributed by atoms with Gasteiger partial charge in [0.25, 0.3) is 0 Å². The number of fused-ring (bicyclic) bond motifs is 3. The molecule has 218 valence electrons. The quantitative estimate of drug-likeness (QED) is 0.123. The first-order valence-electron chi connectivity index (χ1n) is 13.2. The predicted molar refractivity (Wildman–Crippen MR) is 150 cm³/mol. The summed E-state index contributed by atoms with van der Waals surface area (Å²) in [6.45, 7) is 2.03. The third kappa shape index (κ3) is 8.03. The molecule has 0 atom stereocenters. The molecule has 2 heterocycles. The summed E-state index contributed by atoms with van der Waals surface area (Å²) in [6.07, 6.45) is 0.572. The summed E-state index contributed by atoms with van der Waals surface area (Å²) >= 11 is 0. The largest absolute Gasteiger partial charge is 0.491 e. The molecular formula is C29H32F3N5O4. The highest BCUT2D eigenvalue weighted by Gasteiger charge is 2.34. The van der Waals surface area contributed by atoms with Crippen molar-refractivity contribution in [3.63, 3.8) is 0 Å². The summed E-state index contributed by atoms with van der Waals surface area (Å²) in [5.41, 5.74) is 6.24. The highest BCUT2D eigenvalue weighted by molar-refractivity contribution is 6.11. The number of anilines is 1. The molecule has 0 aliphatic heterocycles. The van der Waals surface area contributed by atoms with Crippen LogP contribution in [0.25, 0.3) is 21.7 Å². The fourth-order valence-corrected chi connectivity index (χ4v) is 4.35. The smallest absolute Gasteiger partial charge is 0.419 e. The molecule has 41 heavy (non-hydrogen) atoms. The van der Waals surface area contributed by atoms with Crippen molar-refractivity contribution in [1.82, 2.24) is 15.3 Å². The Bertz CT molecular complexity index is 1480. The van der Waals surface area contributed by atoms with Crippen molar-refractivity contribution in [2.75, 3.05) is 44.8 Å². The van der Waals surface area contributed by atoms with Gasteiger partial charge in [0.1, 0.15) is 18.2 Å². The molecule has 0 aliphatic rings. The van der Waals surface area contributed by atoms with E-state index in [-0.39, 0.29) is 19.0 Å². The fraction of sp³-hybridized carbons (Fsp3) is 0.345. The molecule has 5 N–H and O–H groups in total. The maximum absolute atomic E-state index is 13.2. The number of nitrogens with zero attached hydrogens (tertiary/aromatic N) is 2. The number of hydrogen-bond donors (Lipinski definition) is 4. The van der Waals surface area contributed by atoms with E-state index in [1.54, 1.807) is 24.5 Å². The van der Waals surface area contributed by atoms with Crippen molar-refractivity contribution in [2.24, 2.45) is 5.73 Å². The Labute approximate surface area is 234 Å². The Morgan fingerprint density at radius 1 is 0.976 bits per heavy atom. The molecule has 0 fully saturated rings. The second-order valence-electron chi connectivity index (χ2n) is 9.30. The molecular weight excluding hydrogens is 539 g/mol. The van der Waals surface area contributed by atoms with Gasteiger partial charge in [-0.15, -0.1) is 0 Å². The fourth-order valence-electron chi connectivity index (χ4n) is 4.35. The number of aliphatic hydroxyl groups is 1. The van der Waals surface area contributed by atoms with Crippen LogP contribution in [0.15, 0.2) is 54.9 Å². The van der Waals surface area contributed by atoms with Crippen LogP contribution in [-0.2, 0) is 17.5 Å². The maximum Gasteiger partial charge on any atom is 0.419 e. The van der Waals surface area contributed by atoms with Crippen molar-refractivity contribution in [3.8, 4) is 5.75 Å². The number of ether oxygens (including phenoxy) is 2. The van der Waals surface area contributed by atoms with Gasteiger partial charge in [-0.1, -0.05) is 12.1 Å². The second-order valence-corrected chi connectivity index (χ2v) is 9.30. The number of carbonyl (C=O) groups excluding carboxylic acids is 1. The normalized spacial score (nSPS) is 11.7. The highest BCUT2D eigenvalue weighted by atomic mass is 19.4. The molecule has 0 aliphatic carbocycles. The minimum atomic E-state index is -4.53. The second kappa shape index (κ2) is 14.1. The van der Waals surface area contributed by atoms with Gasteiger partial charge in [-0.2, -0.15) is 13.2 Å². The van der Waals surface area contributed by atoms with Crippen LogP contribution in [0.3, 0.4) is 0 Å². The lowest BCUT2D eigenvalue weighted by atomic mass is 10.1. The number of halogens is 3. The van der Waals surface area contributed by atoms with E-state index in [4.69, 9.17) is 25.3 Å². The van der Waals surface area contributed by atoms with Crippen LogP contribution in [0.5, 0.6) is 5.75 Å². The molecule has 0 saturated heterocycles. The number of carbonyl (C=O) groups is 1. The Morgan fingerprint density at radius 3 is 2.61 bits per heavy atom. The van der Waals surface area contributed by atoms with E-state index in [2.05, 4.69) is 15.6 Å². The molecule has 4 aromatic rings. The van der Waals surface area contributed by atoms with Gasteiger partial charge in [0, 0.05) is 53.8 Å². The first kappa shape index (κ1) is 30.0. The maximum atomic E-state index is 13.2. The number of pyridine rings is 2. The van der Waals surface area contributed by atoms with E-state index in [1.807, 2.05) is 12.1 Å². The summed E-state index contributed by atoms with van der Waals surface area (Å²) in [4.78, 5) is 20.5. The molecule has 0 unspecified atom stereocenters. The number of nitrogens with two attached hydrogens (primary N) is 1. The van der Waals surface area contributed by atoms with Crippen molar-refractivity contribution >= 4 is 33.4 Å². The number of aromatic nitrogens is 2. The third-order valence-electron chi connectivity index (χ3n) is 6.34. The lowest BCUT2D eigenvalue weighted by Crippen LogP contribution is -2.17. The van der Waals surface area contributed by atoms with Crippen LogP contribution in [0, 0.1) is 0 Å². The van der Waals surface area contributed by atoms with E-state index >= 15 is 0 Å². The summed E-state index contributed by atoms with van der Waals surface area (Å²) in [5.74, 6) is -0.139. The minimum Gasteiger partial charge on any atom is -0.491 e. The van der Waals surface area contributed by atoms with E-state index < -0.39 is 17.6 Å². The van der Waals surface area contributed by atoms with Gasteiger partial charge in [-0.3, -0.25) is 9.78 Å². The van der Waals surface area contributed by atoms with Gasteiger partial charge in [-0.05, 0) is 55.3 Å². The van der Waals surface area contributed by atoms with Gasteiger partial charge >= 0.3 is 6.18 Å². The van der Waals surface area contributed by atoms with E-state index in [0.29, 0.717) is 55.3 Å². The number of unbranched alkanes of at least 4 members (excludes halogenated alkanes) is 1. The Kier molecular flexibility index (Phi) is 10.3. The van der Waals surface area contributed by atoms with Crippen LogP contribution in [0.2, 0.25) is 0 Å². The monoisotopic (exact) mass is 571 g/mol. The van der Waals surface area contributed by atoms with Crippen molar-refractivity contribution < 1.29 is 32.5 Å². The molecule has 4 rings (SSSR count). The number of alkyl halides is 3. The van der Waals surface area contributed by atoms with Crippen molar-refractivity contribution in [2.45, 2.75) is 25.6 Å². The van der Waals surface area contributed by atoms with Gasteiger partial charge in [0.2, 0.25) is 5.91 Å². The Morgan fingerprint density at radius 2 is 1.83 bits per heavy atom. The van der Waals surface area contributed by atoms with Crippen LogP contribution in [-0.4, -0.2) is 60.5 Å². The van der Waals surface area contributed by atoms with Gasteiger partial charge < -0.3 is 30.9 Å². The summed E-state index contributed by atoms with van der Waals surface area (Å²) < 4.78 is 50.3. The number of aliphatic hydroxyl groups excluding tert-OH is 1. The lowest BCUT2D eigenvalue weighted by Gasteiger charge is -2.15. The van der Waals surface area contributed by atoms with Crippen LogP contribution in [0.4, 0.5) is 19.0 Å². The zero-order valence-electron chi connectivity index (χ0n) is 22.3. The summed E-state index contributed by atoms with van der Waals surface area (Å²) in [6, 6.07) is 10.8. The van der Waals surface area contributed by atoms with Crippen molar-refractivity contribution in [1.29, 1.82) is 0 Å². The SMILES string of the molecule is NC(=O)c1ccc2c(c1)nc(NCCOCCCCNCc1ccc(C(F)(F)F)c(OCCO)c1)c1ccncc12. The lowest BCUT2D eigenvalue weighted by molar-refractivity contribution is -0.139. The van der Waals surface area contributed by atoms with E-state index in [9.17, 15) is 18.0 Å². The van der Waals surface area contributed by atoms with Gasteiger partial charge in [-0.25, -0.2) is 4.98 Å². The molecule has 1 amide bonds. The molecule has 9 nitrogen and oxygen atoms in total. The van der Waals surface area contributed by atoms with Gasteiger partial charge in [0.15, 0.2) is 0 Å². The molecule has 12 heteroatoms. The third-order valence-corrected chi connectivity index (χ3v) is 6.34. The number of amides is 1. The number of rotatable bonds is 15. The van der Waals surface area contributed by atoms with Crippen molar-refractivity contribution in [3.05, 3.63) is 71.5 Å². The van der Waals surface area contributed by atoms with Gasteiger partial charge in [0.05, 0.1) is 24.3 Å². The predicted octanol–water partition coefficient (Wildman–Crippen LogP) is 4.27. The number of primary amides is 1. The standard InChI is InChI=1S/C29H32F3N5O4/c30-29(31,32)24-6-3-19(15-26(24)41-14-11-38)17-34-8-1-2-12-40-13-10-36-28-22-7-9-35-18-23(22)21-5-4-20(27(33)39)16-25(21)37-28/h3-7,9,15-16,18,34,38H,1-2,8,10-14,17H2,(H2,33,39)(H,36,37). The van der Waals surface area contributed by atoms with Crippen LogP contribution < -0.4 is 21.1 Å². The number of nitrogens with one attached hydrogen (secondary N) is 2. The van der Waals surface area contributed by atoms with E-state index in [0.717, 1.165) is 35.1 Å². The highest BCUT2D eigenvalue weighted by Crippen LogP contribution is 2.36. The summed E-state index contributed by atoms with van der Waals surface area (Å²) in [7, 11) is 0. The number of benzene rings is 2. The van der Waals surface area contributed by atoms with Crippen LogP contribution >= 0.6 is 0 Å². The molecule has 2 aromatic heterocycles. The molecule has 0 bridgehead atoms. The minimum absolute atomic E-state index is 0.208. The zero-order chi connectivity index (χ0) is 29.2. The average molecular weight is 572 g/mol.